The lowest BCUT2D eigenvalue weighted by molar-refractivity contribution is 0.415. The van der Waals surface area contributed by atoms with Crippen molar-refractivity contribution in [3.8, 4) is 17.1 Å². The Hall–Kier alpha value is -2.33. The van der Waals surface area contributed by atoms with E-state index in [1.165, 1.54) is 11.1 Å². The van der Waals surface area contributed by atoms with E-state index in [0.29, 0.717) is 0 Å². The van der Waals surface area contributed by atoms with Crippen LogP contribution < -0.4 is 10.5 Å². The standard InChI is InChI=1S/C20H25N3O/c1-5-15(21)12-23-18-11-14(3)13(2)10-17(18)22-20(23)16-8-6-7-9-19(16)24-4/h6-11,15H,5,12,21H2,1-4H3. The summed E-state index contributed by atoms with van der Waals surface area (Å²) in [4.78, 5) is 4.91. The van der Waals surface area contributed by atoms with Gasteiger partial charge in [0.1, 0.15) is 11.6 Å². The summed E-state index contributed by atoms with van der Waals surface area (Å²) in [5.41, 5.74) is 11.9. The normalized spacial score (nSPS) is 12.5. The second kappa shape index (κ2) is 6.65. The molecule has 3 aromatic rings. The van der Waals surface area contributed by atoms with Crippen molar-refractivity contribution in [2.75, 3.05) is 7.11 Å². The molecule has 0 bridgehead atoms. The number of aryl methyl sites for hydroxylation is 2. The Morgan fingerprint density at radius 2 is 1.88 bits per heavy atom. The summed E-state index contributed by atoms with van der Waals surface area (Å²) in [6.45, 7) is 7.10. The van der Waals surface area contributed by atoms with Gasteiger partial charge in [-0.1, -0.05) is 19.1 Å². The van der Waals surface area contributed by atoms with Gasteiger partial charge in [0.25, 0.3) is 0 Å². The first-order valence-corrected chi connectivity index (χ1v) is 8.41. The summed E-state index contributed by atoms with van der Waals surface area (Å²) >= 11 is 0. The number of benzene rings is 2. The van der Waals surface area contributed by atoms with E-state index in [9.17, 15) is 0 Å². The first-order valence-electron chi connectivity index (χ1n) is 8.41. The van der Waals surface area contributed by atoms with Gasteiger partial charge in [0.15, 0.2) is 0 Å². The topological polar surface area (TPSA) is 53.1 Å². The van der Waals surface area contributed by atoms with Gasteiger partial charge in [0.2, 0.25) is 0 Å². The maximum absolute atomic E-state index is 6.26. The van der Waals surface area contributed by atoms with Gasteiger partial charge in [-0.2, -0.15) is 0 Å². The van der Waals surface area contributed by atoms with Gasteiger partial charge in [-0.3, -0.25) is 0 Å². The molecule has 0 spiro atoms. The average molecular weight is 323 g/mol. The van der Waals surface area contributed by atoms with Crippen LogP contribution in [-0.2, 0) is 6.54 Å². The number of nitrogens with two attached hydrogens (primary N) is 1. The van der Waals surface area contributed by atoms with Gasteiger partial charge in [0, 0.05) is 12.6 Å². The number of rotatable bonds is 5. The molecule has 1 aromatic heterocycles. The number of imidazole rings is 1. The first kappa shape index (κ1) is 16.5. The summed E-state index contributed by atoms with van der Waals surface area (Å²) < 4.78 is 7.77. The molecule has 0 amide bonds. The molecule has 0 fully saturated rings. The molecule has 1 unspecified atom stereocenters. The Balaban J connectivity index is 2.27. The molecule has 0 saturated heterocycles. The van der Waals surface area contributed by atoms with Crippen molar-refractivity contribution in [3.63, 3.8) is 0 Å². The summed E-state index contributed by atoms with van der Waals surface area (Å²) in [5.74, 6) is 1.74. The molecule has 2 aromatic carbocycles. The number of hydrogen-bond donors (Lipinski definition) is 1. The summed E-state index contributed by atoms with van der Waals surface area (Å²) in [7, 11) is 1.69. The minimum Gasteiger partial charge on any atom is -0.496 e. The smallest absolute Gasteiger partial charge is 0.144 e. The molecular formula is C20H25N3O. The molecule has 0 aliphatic rings. The van der Waals surface area contributed by atoms with Gasteiger partial charge in [-0.25, -0.2) is 4.98 Å². The number of aromatic nitrogens is 2. The molecule has 4 nitrogen and oxygen atoms in total. The van der Waals surface area contributed by atoms with Crippen LogP contribution in [0.1, 0.15) is 24.5 Å². The van der Waals surface area contributed by atoms with E-state index < -0.39 is 0 Å². The Kier molecular flexibility index (Phi) is 4.58. The fourth-order valence-corrected chi connectivity index (χ4v) is 2.96. The maximum Gasteiger partial charge on any atom is 0.144 e. The third kappa shape index (κ3) is 2.89. The molecule has 2 N–H and O–H groups in total. The van der Waals surface area contributed by atoms with Crippen LogP contribution >= 0.6 is 0 Å². The van der Waals surface area contributed by atoms with Crippen LogP contribution in [0.4, 0.5) is 0 Å². The van der Waals surface area contributed by atoms with Crippen LogP contribution in [0.25, 0.3) is 22.4 Å². The molecule has 4 heteroatoms. The summed E-state index contributed by atoms with van der Waals surface area (Å²) in [5, 5.41) is 0. The molecule has 3 rings (SSSR count). The lowest BCUT2D eigenvalue weighted by atomic mass is 10.1. The number of methoxy groups -OCH3 is 1. The molecule has 0 radical (unpaired) electrons. The van der Waals surface area contributed by atoms with Crippen molar-refractivity contribution < 1.29 is 4.74 Å². The summed E-state index contributed by atoms with van der Waals surface area (Å²) in [6, 6.07) is 12.5. The Labute approximate surface area is 143 Å². The van der Waals surface area contributed by atoms with Gasteiger partial charge in [0.05, 0.1) is 23.7 Å². The second-order valence-electron chi connectivity index (χ2n) is 6.34. The highest BCUT2D eigenvalue weighted by Gasteiger charge is 2.18. The van der Waals surface area contributed by atoms with Gasteiger partial charge >= 0.3 is 0 Å². The monoisotopic (exact) mass is 323 g/mol. The van der Waals surface area contributed by atoms with Gasteiger partial charge in [-0.15, -0.1) is 0 Å². The SMILES string of the molecule is CCC(N)Cn1c(-c2ccccc2OC)nc2cc(C)c(C)cc21. The van der Waals surface area contributed by atoms with Crippen LogP contribution in [0, 0.1) is 13.8 Å². The molecule has 0 aliphatic heterocycles. The third-order valence-electron chi connectivity index (χ3n) is 4.65. The van der Waals surface area contributed by atoms with Crippen LogP contribution in [-0.4, -0.2) is 22.7 Å². The van der Waals surface area contributed by atoms with E-state index in [4.69, 9.17) is 15.5 Å². The molecular weight excluding hydrogens is 298 g/mol. The molecule has 126 valence electrons. The van der Waals surface area contributed by atoms with Crippen LogP contribution in [0.5, 0.6) is 5.75 Å². The molecule has 24 heavy (non-hydrogen) atoms. The lowest BCUT2D eigenvalue weighted by Crippen LogP contribution is -2.25. The minimum atomic E-state index is 0.0949. The first-order chi connectivity index (χ1) is 11.5. The Morgan fingerprint density at radius 1 is 1.17 bits per heavy atom. The molecule has 1 heterocycles. The van der Waals surface area contributed by atoms with Gasteiger partial charge < -0.3 is 15.0 Å². The van der Waals surface area contributed by atoms with Crippen LogP contribution in [0.15, 0.2) is 36.4 Å². The fourth-order valence-electron chi connectivity index (χ4n) is 2.96. The van der Waals surface area contributed by atoms with Crippen molar-refractivity contribution in [1.82, 2.24) is 9.55 Å². The Morgan fingerprint density at radius 3 is 2.58 bits per heavy atom. The van der Waals surface area contributed by atoms with Crippen LogP contribution in [0.2, 0.25) is 0 Å². The van der Waals surface area contributed by atoms with E-state index in [-0.39, 0.29) is 6.04 Å². The molecule has 0 aliphatic carbocycles. The maximum atomic E-state index is 6.26. The predicted octanol–water partition coefficient (Wildman–Crippen LogP) is 4.07. The Bertz CT molecular complexity index is 867. The lowest BCUT2D eigenvalue weighted by Gasteiger charge is -2.15. The van der Waals surface area contributed by atoms with E-state index in [1.54, 1.807) is 7.11 Å². The zero-order chi connectivity index (χ0) is 17.3. The average Bonchev–Trinajstić information content (AvgIpc) is 2.92. The quantitative estimate of drug-likeness (QED) is 0.770. The van der Waals surface area contributed by atoms with Crippen molar-refractivity contribution in [3.05, 3.63) is 47.5 Å². The summed E-state index contributed by atoms with van der Waals surface area (Å²) in [6.07, 6.45) is 0.926. The number of fused-ring (bicyclic) bond motifs is 1. The van der Waals surface area contributed by atoms with Crippen molar-refractivity contribution in [1.29, 1.82) is 0 Å². The van der Waals surface area contributed by atoms with Crippen molar-refractivity contribution in [2.45, 2.75) is 39.8 Å². The van der Waals surface area contributed by atoms with E-state index >= 15 is 0 Å². The van der Waals surface area contributed by atoms with E-state index in [2.05, 4.69) is 37.5 Å². The van der Waals surface area contributed by atoms with E-state index in [0.717, 1.165) is 41.1 Å². The highest BCUT2D eigenvalue weighted by atomic mass is 16.5. The van der Waals surface area contributed by atoms with E-state index in [1.807, 2.05) is 24.3 Å². The largest absolute Gasteiger partial charge is 0.496 e. The van der Waals surface area contributed by atoms with Crippen molar-refractivity contribution >= 4 is 11.0 Å². The van der Waals surface area contributed by atoms with Crippen LogP contribution in [0.3, 0.4) is 0 Å². The second-order valence-corrected chi connectivity index (χ2v) is 6.34. The highest BCUT2D eigenvalue weighted by molar-refractivity contribution is 5.83. The number of nitrogens with zero attached hydrogens (tertiary/aromatic N) is 2. The highest BCUT2D eigenvalue weighted by Crippen LogP contribution is 2.32. The van der Waals surface area contributed by atoms with Gasteiger partial charge in [-0.05, 0) is 55.7 Å². The molecule has 1 atom stereocenters. The third-order valence-corrected chi connectivity index (χ3v) is 4.65. The zero-order valence-corrected chi connectivity index (χ0v) is 14.8. The fraction of sp³-hybridized carbons (Fsp3) is 0.350. The number of ether oxygens (including phenoxy) is 1. The van der Waals surface area contributed by atoms with Crippen molar-refractivity contribution in [2.24, 2.45) is 5.73 Å². The zero-order valence-electron chi connectivity index (χ0n) is 14.8. The number of para-hydroxylation sites is 1. The minimum absolute atomic E-state index is 0.0949. The predicted molar refractivity (Wildman–Crippen MR) is 99.5 cm³/mol. The number of hydrogen-bond acceptors (Lipinski definition) is 3. The molecule has 0 saturated carbocycles.